The Hall–Kier alpha value is -1.07. The molecule has 1 rings (SSSR count). The maximum Gasteiger partial charge on any atom is 0.255 e. The smallest absolute Gasteiger partial charge is 0.255 e. The molecule has 0 saturated heterocycles. The summed E-state index contributed by atoms with van der Waals surface area (Å²) in [5.74, 6) is 0.246. The maximum absolute atomic E-state index is 10.7. The zero-order valence-electron chi connectivity index (χ0n) is 10.1. The largest absolute Gasteiger partial charge is 0.483 e. The zero-order valence-corrected chi connectivity index (χ0v) is 11.7. The van der Waals surface area contributed by atoms with Gasteiger partial charge in [-0.05, 0) is 32.0 Å². The van der Waals surface area contributed by atoms with Crippen molar-refractivity contribution in [3.63, 3.8) is 0 Å². The topological polar surface area (TPSA) is 68.9 Å². The van der Waals surface area contributed by atoms with Crippen molar-refractivity contribution in [2.75, 3.05) is 6.61 Å². The molecule has 1 amide bonds. The molecule has 0 radical (unpaired) electrons. The fraction of sp³-hybridized carbons (Fsp3) is 0.417. The van der Waals surface area contributed by atoms with Crippen molar-refractivity contribution < 1.29 is 14.8 Å². The van der Waals surface area contributed by atoms with Crippen LogP contribution in [0.5, 0.6) is 5.75 Å². The van der Waals surface area contributed by atoms with E-state index in [1.807, 2.05) is 18.2 Å². The summed E-state index contributed by atoms with van der Waals surface area (Å²) in [5.41, 5.74) is 6.11. The Labute approximate surface area is 110 Å². The van der Waals surface area contributed by atoms with Gasteiger partial charge in [-0.2, -0.15) is 0 Å². The van der Waals surface area contributed by atoms with E-state index in [4.69, 9.17) is 10.5 Å². The number of benzene rings is 1. The highest BCUT2D eigenvalue weighted by Crippen LogP contribution is 2.22. The van der Waals surface area contributed by atoms with E-state index in [-0.39, 0.29) is 6.61 Å². The summed E-state index contributed by atoms with van der Waals surface area (Å²) in [5, 5.41) is 2.19. The van der Waals surface area contributed by atoms with Crippen LogP contribution in [0, 0.1) is 0 Å². The summed E-state index contributed by atoms with van der Waals surface area (Å²) in [6.45, 7) is 4.98. The van der Waals surface area contributed by atoms with Crippen molar-refractivity contribution in [3.05, 3.63) is 28.2 Å². The second-order valence-electron chi connectivity index (χ2n) is 4.19. The van der Waals surface area contributed by atoms with E-state index in [1.54, 1.807) is 0 Å². The van der Waals surface area contributed by atoms with E-state index in [0.29, 0.717) is 11.8 Å². The molecule has 0 aliphatic heterocycles. The van der Waals surface area contributed by atoms with Crippen LogP contribution in [0.15, 0.2) is 22.7 Å². The highest BCUT2D eigenvalue weighted by molar-refractivity contribution is 9.10. The Bertz CT molecular complexity index is 394. The van der Waals surface area contributed by atoms with E-state index in [1.165, 1.54) is 0 Å². The number of rotatable bonds is 6. The van der Waals surface area contributed by atoms with Crippen molar-refractivity contribution in [3.8, 4) is 5.75 Å². The first kappa shape index (κ1) is 14.0. The van der Waals surface area contributed by atoms with Gasteiger partial charge in [0.25, 0.3) is 5.91 Å². The second-order valence-corrected chi connectivity index (χ2v) is 5.11. The van der Waals surface area contributed by atoms with Crippen LogP contribution < -0.4 is 15.8 Å². The quantitative estimate of drug-likeness (QED) is 0.815. The third-order valence-electron chi connectivity index (χ3n) is 2.20. The SMILES string of the molecule is CC(C)[NH2+]Cc1cc(Br)ccc1OCC(N)=O. The third-order valence-corrected chi connectivity index (χ3v) is 2.69. The Morgan fingerprint density at radius 3 is 2.82 bits per heavy atom. The molecule has 1 aromatic carbocycles. The van der Waals surface area contributed by atoms with Crippen LogP contribution in [-0.4, -0.2) is 18.6 Å². The number of carbonyl (C=O) groups excluding carboxylic acids is 1. The molecule has 0 heterocycles. The van der Waals surface area contributed by atoms with Crippen molar-refractivity contribution >= 4 is 21.8 Å². The number of ether oxygens (including phenoxy) is 1. The molecule has 0 bridgehead atoms. The van der Waals surface area contributed by atoms with Gasteiger partial charge in [-0.1, -0.05) is 15.9 Å². The molecule has 94 valence electrons. The Kier molecular flexibility index (Phi) is 5.44. The third kappa shape index (κ3) is 5.19. The summed E-state index contributed by atoms with van der Waals surface area (Å²) < 4.78 is 6.37. The van der Waals surface area contributed by atoms with Crippen LogP contribution in [-0.2, 0) is 11.3 Å². The average molecular weight is 302 g/mol. The lowest BCUT2D eigenvalue weighted by atomic mass is 10.2. The van der Waals surface area contributed by atoms with Gasteiger partial charge in [-0.15, -0.1) is 0 Å². The summed E-state index contributed by atoms with van der Waals surface area (Å²) in [4.78, 5) is 10.7. The van der Waals surface area contributed by atoms with Gasteiger partial charge in [0.2, 0.25) is 0 Å². The number of hydrogen-bond acceptors (Lipinski definition) is 2. The van der Waals surface area contributed by atoms with Gasteiger partial charge in [-0.3, -0.25) is 4.79 Å². The van der Waals surface area contributed by atoms with Crippen LogP contribution in [0.3, 0.4) is 0 Å². The monoisotopic (exact) mass is 301 g/mol. The highest BCUT2D eigenvalue weighted by atomic mass is 79.9. The fourth-order valence-corrected chi connectivity index (χ4v) is 1.77. The van der Waals surface area contributed by atoms with Crippen molar-refractivity contribution in [2.24, 2.45) is 5.73 Å². The summed E-state index contributed by atoms with van der Waals surface area (Å²) >= 11 is 3.42. The Balaban J connectivity index is 2.76. The number of primary amides is 1. The van der Waals surface area contributed by atoms with Crippen LogP contribution in [0.1, 0.15) is 19.4 Å². The van der Waals surface area contributed by atoms with E-state index < -0.39 is 5.91 Å². The standard InChI is InChI=1S/C12H17BrN2O2/c1-8(2)15-6-9-5-10(13)3-4-11(9)17-7-12(14)16/h3-5,8,15H,6-7H2,1-2H3,(H2,14,16)/p+1. The van der Waals surface area contributed by atoms with Crippen LogP contribution in [0.25, 0.3) is 0 Å². The first-order valence-electron chi connectivity index (χ1n) is 5.52. The lowest BCUT2D eigenvalue weighted by Crippen LogP contribution is -2.86. The van der Waals surface area contributed by atoms with Gasteiger partial charge in [-0.25, -0.2) is 0 Å². The van der Waals surface area contributed by atoms with Gasteiger partial charge >= 0.3 is 0 Å². The molecule has 4 nitrogen and oxygen atoms in total. The van der Waals surface area contributed by atoms with Gasteiger partial charge in [0, 0.05) is 10.0 Å². The van der Waals surface area contributed by atoms with Crippen molar-refractivity contribution in [2.45, 2.75) is 26.4 Å². The summed E-state index contributed by atoms with van der Waals surface area (Å²) in [6.07, 6.45) is 0. The molecule has 0 fully saturated rings. The number of carbonyl (C=O) groups is 1. The molecule has 0 spiro atoms. The van der Waals surface area contributed by atoms with Crippen LogP contribution in [0.2, 0.25) is 0 Å². The number of amides is 1. The lowest BCUT2D eigenvalue weighted by Gasteiger charge is -2.11. The van der Waals surface area contributed by atoms with E-state index in [2.05, 4.69) is 35.1 Å². The minimum Gasteiger partial charge on any atom is -0.483 e. The fourth-order valence-electron chi connectivity index (χ4n) is 1.36. The molecule has 0 atom stereocenters. The Morgan fingerprint density at radius 2 is 2.24 bits per heavy atom. The van der Waals surface area contributed by atoms with Crippen molar-refractivity contribution in [1.29, 1.82) is 0 Å². The molecule has 0 aromatic heterocycles. The first-order chi connectivity index (χ1) is 7.99. The summed E-state index contributed by atoms with van der Waals surface area (Å²) in [7, 11) is 0. The van der Waals surface area contributed by atoms with Gasteiger partial charge in [0.1, 0.15) is 12.3 Å². The number of nitrogens with two attached hydrogens (primary N) is 2. The molecular weight excluding hydrogens is 284 g/mol. The number of hydrogen-bond donors (Lipinski definition) is 2. The Morgan fingerprint density at radius 1 is 1.53 bits per heavy atom. The molecule has 0 unspecified atom stereocenters. The van der Waals surface area contributed by atoms with Gasteiger partial charge < -0.3 is 15.8 Å². The average Bonchev–Trinajstić information content (AvgIpc) is 2.24. The lowest BCUT2D eigenvalue weighted by molar-refractivity contribution is -0.698. The molecule has 0 saturated carbocycles. The number of halogens is 1. The van der Waals surface area contributed by atoms with Crippen LogP contribution >= 0.6 is 15.9 Å². The molecular formula is C12H18BrN2O2+. The molecule has 5 heteroatoms. The first-order valence-corrected chi connectivity index (χ1v) is 6.31. The molecule has 1 aromatic rings. The number of quaternary nitrogens is 1. The van der Waals surface area contributed by atoms with E-state index >= 15 is 0 Å². The zero-order chi connectivity index (χ0) is 12.8. The van der Waals surface area contributed by atoms with E-state index in [0.717, 1.165) is 16.6 Å². The molecule has 17 heavy (non-hydrogen) atoms. The molecule has 4 N–H and O–H groups in total. The van der Waals surface area contributed by atoms with Crippen LogP contribution in [0.4, 0.5) is 0 Å². The second kappa shape index (κ2) is 6.61. The van der Waals surface area contributed by atoms with Crippen molar-refractivity contribution in [1.82, 2.24) is 0 Å². The summed E-state index contributed by atoms with van der Waals surface area (Å²) in [6, 6.07) is 6.24. The highest BCUT2D eigenvalue weighted by Gasteiger charge is 2.08. The maximum atomic E-state index is 10.7. The molecule has 0 aliphatic carbocycles. The minimum atomic E-state index is -0.466. The van der Waals surface area contributed by atoms with Gasteiger partial charge in [0.05, 0.1) is 6.04 Å². The normalized spacial score (nSPS) is 10.6. The predicted molar refractivity (Wildman–Crippen MR) is 69.6 cm³/mol. The minimum absolute atomic E-state index is 0.0870. The van der Waals surface area contributed by atoms with Gasteiger partial charge in [0.15, 0.2) is 6.61 Å². The predicted octanol–water partition coefficient (Wildman–Crippen LogP) is 0.785. The van der Waals surface area contributed by atoms with E-state index in [9.17, 15) is 4.79 Å². The molecule has 0 aliphatic rings.